The number of carboxylic acids is 1. The molecule has 4 heterocycles. The molecule has 2 amide bonds. The van der Waals surface area contributed by atoms with Crippen LogP contribution in [0.2, 0.25) is 0 Å². The Morgan fingerprint density at radius 3 is 2.54 bits per heavy atom. The average molecular weight is 624 g/mol. The maximum absolute atomic E-state index is 14.1. The number of carbonyl (C=O) groups excluding carboxylic acids is 3. The van der Waals surface area contributed by atoms with Crippen molar-refractivity contribution < 1.29 is 43.2 Å². The number of aromatic nitrogens is 1. The van der Waals surface area contributed by atoms with Crippen LogP contribution < -0.4 is 15.8 Å². The fourth-order valence-corrected chi connectivity index (χ4v) is 9.51. The first-order chi connectivity index (χ1) is 19.4. The molecule has 218 valence electrons. The number of thioether (sulfide) groups is 1. The lowest BCUT2D eigenvalue weighted by molar-refractivity contribution is -0.146. The number of rotatable bonds is 10. The lowest BCUT2D eigenvalue weighted by Crippen LogP contribution is -2.58. The molecular weight excluding hydrogens is 597 g/mol. The van der Waals surface area contributed by atoms with Gasteiger partial charge in [-0.1, -0.05) is 12.1 Å². The number of hydroxylamine groups is 1. The van der Waals surface area contributed by atoms with E-state index in [0.29, 0.717) is 5.75 Å². The number of benzene rings is 1. The summed E-state index contributed by atoms with van der Waals surface area (Å²) >= 11 is 2.17. The number of anilines is 1. The maximum Gasteiger partial charge on any atom is 0.352 e. The van der Waals surface area contributed by atoms with Gasteiger partial charge in [0.05, 0.1) is 31.2 Å². The number of β-lactam (4-membered cyclic amide) rings is 1. The second-order valence-corrected chi connectivity index (χ2v) is 14.3. The highest BCUT2D eigenvalue weighted by atomic mass is 32.2. The Bertz CT molecular complexity index is 1510. The van der Waals surface area contributed by atoms with Crippen molar-refractivity contribution in [3.05, 3.63) is 52.2 Å². The molecule has 2 fully saturated rings. The SMILES string of the molecule is COc1ccc(CON2C(C(=O)NC3S[C@@H]4CC(=O)N4C(C(=O)O)=C3COC(C)=O)(c3csc(N)n3)P2(C)=O)cc1. The molecule has 4 N–H and O–H groups in total. The summed E-state index contributed by atoms with van der Waals surface area (Å²) in [5.74, 6) is -2.63. The van der Waals surface area contributed by atoms with Gasteiger partial charge in [-0.3, -0.25) is 24.1 Å². The zero-order valence-corrected chi connectivity index (χ0v) is 24.6. The zero-order valence-electron chi connectivity index (χ0n) is 22.1. The molecule has 0 bridgehead atoms. The third kappa shape index (κ3) is 4.89. The van der Waals surface area contributed by atoms with Gasteiger partial charge in [-0.2, -0.15) is 0 Å². The molecule has 5 atom stereocenters. The number of carbonyl (C=O) groups is 4. The number of fused-ring (bicyclic) bond motifs is 1. The molecule has 4 unspecified atom stereocenters. The van der Waals surface area contributed by atoms with Gasteiger partial charge in [0.2, 0.25) is 18.5 Å². The van der Waals surface area contributed by atoms with Gasteiger partial charge < -0.3 is 30.2 Å². The summed E-state index contributed by atoms with van der Waals surface area (Å²) in [6, 6.07) is 6.99. The van der Waals surface area contributed by atoms with Crippen LogP contribution in [-0.4, -0.2) is 74.7 Å². The summed E-state index contributed by atoms with van der Waals surface area (Å²) in [4.78, 5) is 62.5. The maximum atomic E-state index is 14.1. The summed E-state index contributed by atoms with van der Waals surface area (Å²) in [5, 5.41) is 10.9. The molecule has 41 heavy (non-hydrogen) atoms. The largest absolute Gasteiger partial charge is 0.497 e. The van der Waals surface area contributed by atoms with Crippen LogP contribution in [0.25, 0.3) is 0 Å². The fraction of sp³-hybridized carbons (Fsp3) is 0.375. The summed E-state index contributed by atoms with van der Waals surface area (Å²) in [6.07, 6.45) is 0.0613. The van der Waals surface area contributed by atoms with Crippen molar-refractivity contribution >= 4 is 59.3 Å². The van der Waals surface area contributed by atoms with E-state index in [9.17, 15) is 28.8 Å². The van der Waals surface area contributed by atoms with E-state index in [2.05, 4.69) is 10.3 Å². The lowest BCUT2D eigenvalue weighted by atomic mass is 10.1. The Morgan fingerprint density at radius 2 is 1.98 bits per heavy atom. The van der Waals surface area contributed by atoms with Crippen molar-refractivity contribution in [3.8, 4) is 5.75 Å². The first-order valence-corrected chi connectivity index (χ1v) is 16.1. The predicted molar refractivity (Wildman–Crippen MR) is 147 cm³/mol. The standard InChI is InChI=1S/C24H26N5O9PS2/c1-12(30)37-10-15-19(21(32)33)28-17(31)8-18(28)41-20(15)27-22(34)24(16-11-40-23(25)26-16)29(39(24,3)35)38-9-13-4-6-14(36-2)7-5-13/h4-7,11,18,20H,8-10H2,1-3H3,(H2,25,26)(H,27,34)(H,32,33)/t18-,20?,24?,29?,39?/m1/s1. The van der Waals surface area contributed by atoms with E-state index in [1.807, 2.05) is 0 Å². The van der Waals surface area contributed by atoms with E-state index in [4.69, 9.17) is 20.0 Å². The van der Waals surface area contributed by atoms with Crippen LogP contribution in [0.15, 0.2) is 40.9 Å². The van der Waals surface area contributed by atoms with Crippen molar-refractivity contribution in [1.82, 2.24) is 20.0 Å². The average Bonchev–Trinajstić information content (AvgIpc) is 3.15. The number of aliphatic carboxylic acids is 1. The van der Waals surface area contributed by atoms with Crippen molar-refractivity contribution in [1.29, 1.82) is 0 Å². The molecule has 3 aliphatic rings. The van der Waals surface area contributed by atoms with E-state index in [0.717, 1.165) is 45.3 Å². The molecule has 1 aromatic carbocycles. The van der Waals surface area contributed by atoms with Crippen molar-refractivity contribution in [2.75, 3.05) is 26.1 Å². The molecule has 0 aliphatic carbocycles. The van der Waals surface area contributed by atoms with Gasteiger partial charge in [-0.15, -0.1) is 27.9 Å². The van der Waals surface area contributed by atoms with Gasteiger partial charge >= 0.3 is 11.9 Å². The number of nitrogen functional groups attached to an aromatic ring is 1. The molecule has 3 aliphatic heterocycles. The number of hydrogen-bond donors (Lipinski definition) is 3. The third-order valence-electron chi connectivity index (χ3n) is 6.85. The van der Waals surface area contributed by atoms with Crippen LogP contribution in [-0.2, 0) is 45.2 Å². The summed E-state index contributed by atoms with van der Waals surface area (Å²) in [5.41, 5.74) is 6.33. The third-order valence-corrected chi connectivity index (χ3v) is 11.6. The molecule has 0 saturated carbocycles. The first kappa shape index (κ1) is 29.1. The summed E-state index contributed by atoms with van der Waals surface area (Å²) in [7, 11) is -2.02. The number of ether oxygens (including phenoxy) is 2. The summed E-state index contributed by atoms with van der Waals surface area (Å²) in [6.45, 7) is 2.03. The number of carboxylic acid groups (broad SMARTS) is 1. The van der Waals surface area contributed by atoms with Gasteiger partial charge in [0.25, 0.3) is 5.91 Å². The van der Waals surface area contributed by atoms with Gasteiger partial charge in [-0.05, 0) is 17.7 Å². The molecule has 2 saturated heterocycles. The smallest absolute Gasteiger partial charge is 0.352 e. The number of nitrogens with zero attached hydrogens (tertiary/aromatic N) is 3. The van der Waals surface area contributed by atoms with Crippen molar-refractivity contribution in [2.45, 2.75) is 36.0 Å². The Hall–Kier alpha value is -3.43. The number of esters is 1. The van der Waals surface area contributed by atoms with E-state index >= 15 is 0 Å². The summed E-state index contributed by atoms with van der Waals surface area (Å²) < 4.78 is 24.2. The highest BCUT2D eigenvalue weighted by Gasteiger charge is 2.80. The highest BCUT2D eigenvalue weighted by Crippen LogP contribution is 2.83. The molecule has 0 spiro atoms. The minimum absolute atomic E-state index is 0.000535. The topological polar surface area (TPSA) is 190 Å². The molecular formula is C24H26N5O9PS2. The van der Waals surface area contributed by atoms with Crippen LogP contribution in [0.4, 0.5) is 5.13 Å². The number of methoxy groups -OCH3 is 1. The minimum atomic E-state index is -3.56. The first-order valence-electron chi connectivity index (χ1n) is 12.2. The fourth-order valence-electron chi connectivity index (χ4n) is 4.77. The number of hydrogen-bond acceptors (Lipinski definition) is 12. The van der Waals surface area contributed by atoms with Crippen LogP contribution in [0.1, 0.15) is 24.6 Å². The quantitative estimate of drug-likeness (QED) is 0.151. The highest BCUT2D eigenvalue weighted by molar-refractivity contribution is 8.00. The molecule has 5 rings (SSSR count). The number of amides is 2. The Balaban J connectivity index is 1.47. The van der Waals surface area contributed by atoms with Gasteiger partial charge in [0, 0.05) is 24.5 Å². The van der Waals surface area contributed by atoms with Crippen molar-refractivity contribution in [2.24, 2.45) is 0 Å². The van der Waals surface area contributed by atoms with Crippen LogP contribution in [0, 0.1) is 0 Å². The van der Waals surface area contributed by atoms with Gasteiger partial charge in [0.1, 0.15) is 23.4 Å². The Morgan fingerprint density at radius 1 is 1.27 bits per heavy atom. The minimum Gasteiger partial charge on any atom is -0.497 e. The van der Waals surface area contributed by atoms with Gasteiger partial charge in [0.15, 0.2) is 5.13 Å². The Kier molecular flexibility index (Phi) is 7.63. The monoisotopic (exact) mass is 623 g/mol. The van der Waals surface area contributed by atoms with E-state index in [-0.39, 0.29) is 35.1 Å². The molecule has 2 aromatic rings. The number of nitrogens with one attached hydrogen (secondary N) is 1. The molecule has 14 nitrogen and oxygen atoms in total. The molecule has 17 heteroatoms. The van der Waals surface area contributed by atoms with E-state index in [1.54, 1.807) is 31.4 Å². The molecule has 1 aromatic heterocycles. The van der Waals surface area contributed by atoms with E-state index < -0.39 is 53.7 Å². The second kappa shape index (κ2) is 10.8. The van der Waals surface area contributed by atoms with E-state index in [1.165, 1.54) is 12.0 Å². The van der Waals surface area contributed by atoms with Crippen LogP contribution >= 0.6 is 30.4 Å². The van der Waals surface area contributed by atoms with Gasteiger partial charge in [-0.25, -0.2) is 9.78 Å². The number of nitrogens with two attached hydrogens (primary N) is 1. The van der Waals surface area contributed by atoms with Crippen molar-refractivity contribution in [3.63, 3.8) is 0 Å². The normalized spacial score (nSPS) is 28.4. The van der Waals surface area contributed by atoms with Crippen LogP contribution in [0.5, 0.6) is 5.75 Å². The predicted octanol–water partition coefficient (Wildman–Crippen LogP) is 1.89. The lowest BCUT2D eigenvalue weighted by Gasteiger charge is -2.46. The Labute approximate surface area is 242 Å². The molecule has 0 radical (unpaired) electrons. The van der Waals surface area contributed by atoms with Crippen LogP contribution in [0.3, 0.4) is 0 Å². The second-order valence-electron chi connectivity index (χ2n) is 9.39. The zero-order chi connectivity index (χ0) is 29.7. The number of thiazole rings is 1.